The lowest BCUT2D eigenvalue weighted by Gasteiger charge is -2.02. The first-order chi connectivity index (χ1) is 6.11. The van der Waals surface area contributed by atoms with E-state index in [1.54, 1.807) is 14.0 Å². The highest BCUT2D eigenvalue weighted by Crippen LogP contribution is 2.21. The molecule has 2 aromatic rings. The van der Waals surface area contributed by atoms with E-state index in [9.17, 15) is 4.39 Å². The molecular formula is C9H10FN3. The van der Waals surface area contributed by atoms with Gasteiger partial charge in [0, 0.05) is 7.05 Å². The van der Waals surface area contributed by atoms with Gasteiger partial charge in [-0.15, -0.1) is 5.10 Å². The Morgan fingerprint density at radius 3 is 2.77 bits per heavy atom. The molecule has 0 saturated carbocycles. The standard InChI is InChI=1S/C9H10FN3/c1-5-4-7-9(8(10)6(5)2)13(3)12-11-7/h4H,1-3H3. The first kappa shape index (κ1) is 8.16. The summed E-state index contributed by atoms with van der Waals surface area (Å²) in [4.78, 5) is 0. The van der Waals surface area contributed by atoms with Crippen molar-refractivity contribution in [3.05, 3.63) is 23.0 Å². The van der Waals surface area contributed by atoms with Crippen LogP contribution >= 0.6 is 0 Å². The van der Waals surface area contributed by atoms with Crippen molar-refractivity contribution in [2.75, 3.05) is 0 Å². The molecule has 13 heavy (non-hydrogen) atoms. The van der Waals surface area contributed by atoms with E-state index >= 15 is 0 Å². The van der Waals surface area contributed by atoms with Crippen LogP contribution in [0.3, 0.4) is 0 Å². The molecule has 3 nitrogen and oxygen atoms in total. The summed E-state index contributed by atoms with van der Waals surface area (Å²) >= 11 is 0. The van der Waals surface area contributed by atoms with E-state index in [0.717, 1.165) is 5.56 Å². The van der Waals surface area contributed by atoms with Crippen molar-refractivity contribution < 1.29 is 4.39 Å². The van der Waals surface area contributed by atoms with Crippen molar-refractivity contribution in [3.8, 4) is 0 Å². The predicted molar refractivity (Wildman–Crippen MR) is 47.9 cm³/mol. The van der Waals surface area contributed by atoms with Gasteiger partial charge in [-0.2, -0.15) is 0 Å². The molecule has 4 heteroatoms. The van der Waals surface area contributed by atoms with Crippen LogP contribution in [0.5, 0.6) is 0 Å². The Kier molecular flexibility index (Phi) is 1.58. The van der Waals surface area contributed by atoms with Crippen LogP contribution in [0, 0.1) is 19.7 Å². The molecule has 1 aromatic carbocycles. The minimum absolute atomic E-state index is 0.220. The molecule has 0 aliphatic rings. The molecule has 0 spiro atoms. The number of hydrogen-bond acceptors (Lipinski definition) is 2. The van der Waals surface area contributed by atoms with Gasteiger partial charge in [0.25, 0.3) is 0 Å². The van der Waals surface area contributed by atoms with E-state index < -0.39 is 0 Å². The summed E-state index contributed by atoms with van der Waals surface area (Å²) in [5.74, 6) is -0.220. The third kappa shape index (κ3) is 1.02. The van der Waals surface area contributed by atoms with E-state index in [2.05, 4.69) is 10.3 Å². The zero-order valence-corrected chi connectivity index (χ0v) is 7.80. The Balaban J connectivity index is 2.97. The Morgan fingerprint density at radius 1 is 1.38 bits per heavy atom. The Morgan fingerprint density at radius 2 is 2.08 bits per heavy atom. The quantitative estimate of drug-likeness (QED) is 0.616. The van der Waals surface area contributed by atoms with Crippen molar-refractivity contribution in [1.82, 2.24) is 15.0 Å². The van der Waals surface area contributed by atoms with Gasteiger partial charge in [-0.25, -0.2) is 9.07 Å². The zero-order chi connectivity index (χ0) is 9.59. The van der Waals surface area contributed by atoms with Gasteiger partial charge in [-0.05, 0) is 31.0 Å². The highest BCUT2D eigenvalue weighted by molar-refractivity contribution is 5.77. The zero-order valence-electron chi connectivity index (χ0n) is 7.80. The molecule has 0 aliphatic carbocycles. The molecule has 0 atom stereocenters. The van der Waals surface area contributed by atoms with E-state index in [-0.39, 0.29) is 5.82 Å². The van der Waals surface area contributed by atoms with Crippen LogP contribution in [0.25, 0.3) is 11.0 Å². The number of halogens is 1. The van der Waals surface area contributed by atoms with Crippen molar-refractivity contribution in [2.24, 2.45) is 7.05 Å². The third-order valence-corrected chi connectivity index (χ3v) is 2.33. The van der Waals surface area contributed by atoms with Crippen LogP contribution in [-0.2, 0) is 7.05 Å². The predicted octanol–water partition coefficient (Wildman–Crippen LogP) is 1.72. The molecular weight excluding hydrogens is 169 g/mol. The van der Waals surface area contributed by atoms with Crippen LogP contribution in [-0.4, -0.2) is 15.0 Å². The number of fused-ring (bicyclic) bond motifs is 1. The minimum Gasteiger partial charge on any atom is -0.245 e. The second kappa shape index (κ2) is 2.52. The lowest BCUT2D eigenvalue weighted by atomic mass is 10.1. The molecule has 1 aromatic heterocycles. The largest absolute Gasteiger partial charge is 0.245 e. The molecule has 0 bridgehead atoms. The molecule has 0 radical (unpaired) electrons. The summed E-state index contributed by atoms with van der Waals surface area (Å²) in [5, 5.41) is 7.62. The lowest BCUT2D eigenvalue weighted by molar-refractivity contribution is 0.613. The average molecular weight is 179 g/mol. The SMILES string of the molecule is Cc1cc2nnn(C)c2c(F)c1C. The van der Waals surface area contributed by atoms with E-state index in [4.69, 9.17) is 0 Å². The summed E-state index contributed by atoms with van der Waals surface area (Å²) in [6, 6.07) is 1.85. The van der Waals surface area contributed by atoms with Crippen molar-refractivity contribution in [2.45, 2.75) is 13.8 Å². The van der Waals surface area contributed by atoms with Crippen LogP contribution in [0.2, 0.25) is 0 Å². The van der Waals surface area contributed by atoms with Crippen LogP contribution in [0.4, 0.5) is 4.39 Å². The average Bonchev–Trinajstić information content (AvgIpc) is 2.43. The molecule has 0 fully saturated rings. The van der Waals surface area contributed by atoms with Gasteiger partial charge in [0.05, 0.1) is 0 Å². The normalized spacial score (nSPS) is 11.1. The maximum absolute atomic E-state index is 13.7. The molecule has 68 valence electrons. The van der Waals surface area contributed by atoms with Crippen LogP contribution in [0.1, 0.15) is 11.1 Å². The summed E-state index contributed by atoms with van der Waals surface area (Å²) < 4.78 is 15.1. The maximum atomic E-state index is 13.7. The van der Waals surface area contributed by atoms with Crippen molar-refractivity contribution in [3.63, 3.8) is 0 Å². The highest BCUT2D eigenvalue weighted by atomic mass is 19.1. The number of benzene rings is 1. The molecule has 2 rings (SSSR count). The van der Waals surface area contributed by atoms with E-state index in [0.29, 0.717) is 16.6 Å². The molecule has 0 aliphatic heterocycles. The van der Waals surface area contributed by atoms with Gasteiger partial charge in [0.15, 0.2) is 5.82 Å². The maximum Gasteiger partial charge on any atom is 0.153 e. The fraction of sp³-hybridized carbons (Fsp3) is 0.333. The number of aromatic nitrogens is 3. The molecule has 0 amide bonds. The smallest absolute Gasteiger partial charge is 0.153 e. The number of hydrogen-bond donors (Lipinski definition) is 0. The lowest BCUT2D eigenvalue weighted by Crippen LogP contribution is -1.95. The van der Waals surface area contributed by atoms with Gasteiger partial charge in [0.2, 0.25) is 0 Å². The Labute approximate surface area is 75.2 Å². The van der Waals surface area contributed by atoms with Gasteiger partial charge in [-0.1, -0.05) is 5.21 Å². The number of rotatable bonds is 0. The first-order valence-electron chi connectivity index (χ1n) is 4.06. The van der Waals surface area contributed by atoms with Gasteiger partial charge in [-0.3, -0.25) is 0 Å². The summed E-state index contributed by atoms with van der Waals surface area (Å²) in [6.45, 7) is 3.63. The van der Waals surface area contributed by atoms with Gasteiger partial charge in [0.1, 0.15) is 11.0 Å². The molecule has 1 heterocycles. The van der Waals surface area contributed by atoms with Crippen LogP contribution in [0.15, 0.2) is 6.07 Å². The van der Waals surface area contributed by atoms with Crippen molar-refractivity contribution in [1.29, 1.82) is 0 Å². The van der Waals surface area contributed by atoms with Gasteiger partial charge >= 0.3 is 0 Å². The minimum atomic E-state index is -0.220. The fourth-order valence-corrected chi connectivity index (χ4v) is 1.39. The van der Waals surface area contributed by atoms with E-state index in [1.165, 1.54) is 4.68 Å². The number of aryl methyl sites for hydroxylation is 2. The second-order valence-electron chi connectivity index (χ2n) is 3.21. The van der Waals surface area contributed by atoms with Crippen LogP contribution < -0.4 is 0 Å². The number of nitrogens with zero attached hydrogens (tertiary/aromatic N) is 3. The summed E-state index contributed by atoms with van der Waals surface area (Å²) in [7, 11) is 1.69. The second-order valence-corrected chi connectivity index (χ2v) is 3.21. The molecule has 0 unspecified atom stereocenters. The first-order valence-corrected chi connectivity index (χ1v) is 4.06. The van der Waals surface area contributed by atoms with Crippen molar-refractivity contribution >= 4 is 11.0 Å². The summed E-state index contributed by atoms with van der Waals surface area (Å²) in [6.07, 6.45) is 0. The third-order valence-electron chi connectivity index (χ3n) is 2.33. The fourth-order valence-electron chi connectivity index (χ4n) is 1.39. The Hall–Kier alpha value is -1.45. The topological polar surface area (TPSA) is 30.7 Å². The monoisotopic (exact) mass is 179 g/mol. The van der Waals surface area contributed by atoms with Gasteiger partial charge < -0.3 is 0 Å². The Bertz CT molecular complexity index is 473. The van der Waals surface area contributed by atoms with E-state index in [1.807, 2.05) is 13.0 Å². The summed E-state index contributed by atoms with van der Waals surface area (Å²) in [5.41, 5.74) is 2.66. The highest BCUT2D eigenvalue weighted by Gasteiger charge is 2.11. The molecule has 0 saturated heterocycles. The molecule has 0 N–H and O–H groups in total.